The molecule has 7 heteroatoms. The topological polar surface area (TPSA) is 78.8 Å². The van der Waals surface area contributed by atoms with Crippen molar-refractivity contribution in [3.05, 3.63) is 89.6 Å². The zero-order valence-electron chi connectivity index (χ0n) is 21.1. The van der Waals surface area contributed by atoms with Crippen molar-refractivity contribution in [3.63, 3.8) is 0 Å². The highest BCUT2D eigenvalue weighted by atomic mass is 16.5. The van der Waals surface area contributed by atoms with Gasteiger partial charge in [0.1, 0.15) is 6.61 Å². The molecule has 0 saturated carbocycles. The van der Waals surface area contributed by atoms with E-state index in [1.807, 2.05) is 74.0 Å². The van der Waals surface area contributed by atoms with Crippen LogP contribution in [0, 0.1) is 0 Å². The Morgan fingerprint density at radius 1 is 0.917 bits per heavy atom. The first-order chi connectivity index (χ1) is 17.2. The van der Waals surface area contributed by atoms with Crippen molar-refractivity contribution in [1.82, 2.24) is 4.57 Å². The van der Waals surface area contributed by atoms with Gasteiger partial charge in [-0.3, -0.25) is 4.79 Å². The molecule has 7 nitrogen and oxygen atoms in total. The number of hydrogen-bond donors (Lipinski definition) is 1. The second kappa shape index (κ2) is 10.2. The fourth-order valence-electron chi connectivity index (χ4n) is 4.10. The van der Waals surface area contributed by atoms with Gasteiger partial charge in [0.25, 0.3) is 5.91 Å². The molecule has 186 valence electrons. The molecule has 0 spiro atoms. The smallest absolute Gasteiger partial charge is 0.340 e. The van der Waals surface area contributed by atoms with Gasteiger partial charge in [-0.05, 0) is 42.0 Å². The van der Waals surface area contributed by atoms with Gasteiger partial charge in [0.05, 0.1) is 19.8 Å². The predicted molar refractivity (Wildman–Crippen MR) is 140 cm³/mol. The van der Waals surface area contributed by atoms with Crippen LogP contribution in [-0.2, 0) is 17.2 Å². The lowest BCUT2D eigenvalue weighted by molar-refractivity contribution is 0.0429. The summed E-state index contributed by atoms with van der Waals surface area (Å²) in [6.45, 7) is 4.24. The van der Waals surface area contributed by atoms with E-state index >= 15 is 0 Å². The molecule has 1 heterocycles. The third kappa shape index (κ3) is 5.05. The minimum absolute atomic E-state index is 0.215. The zero-order valence-corrected chi connectivity index (χ0v) is 21.1. The largest absolute Gasteiger partial charge is 0.493 e. The molecule has 1 amide bonds. The van der Waals surface area contributed by atoms with Gasteiger partial charge < -0.3 is 24.1 Å². The molecule has 0 unspecified atom stereocenters. The molecule has 1 aromatic heterocycles. The molecule has 36 heavy (non-hydrogen) atoms. The number of nitrogens with zero attached hydrogens (tertiary/aromatic N) is 1. The van der Waals surface area contributed by atoms with Crippen LogP contribution in [0.15, 0.2) is 72.9 Å². The summed E-state index contributed by atoms with van der Waals surface area (Å²) >= 11 is 0. The van der Waals surface area contributed by atoms with E-state index in [1.165, 1.54) is 7.11 Å². The lowest BCUT2D eigenvalue weighted by atomic mass is 9.85. The number of methoxy groups -OCH3 is 2. The highest BCUT2D eigenvalue weighted by molar-refractivity contribution is 6.05. The van der Waals surface area contributed by atoms with Gasteiger partial charge in [0, 0.05) is 40.8 Å². The van der Waals surface area contributed by atoms with Crippen molar-refractivity contribution in [2.45, 2.75) is 19.3 Å². The van der Waals surface area contributed by atoms with Gasteiger partial charge in [0.15, 0.2) is 11.5 Å². The number of benzene rings is 3. The molecule has 3 aromatic carbocycles. The Balaban J connectivity index is 1.41. The molecule has 0 bridgehead atoms. The summed E-state index contributed by atoms with van der Waals surface area (Å²) < 4.78 is 18.1. The quantitative estimate of drug-likeness (QED) is 0.329. The molecule has 4 aromatic rings. The van der Waals surface area contributed by atoms with E-state index in [0.29, 0.717) is 28.3 Å². The molecule has 0 aliphatic heterocycles. The van der Waals surface area contributed by atoms with E-state index in [4.69, 9.17) is 14.2 Å². The first-order valence-electron chi connectivity index (χ1n) is 11.6. The van der Waals surface area contributed by atoms with Crippen molar-refractivity contribution in [3.8, 4) is 11.5 Å². The zero-order chi connectivity index (χ0) is 25.9. The lowest BCUT2D eigenvalue weighted by Crippen LogP contribution is -2.26. The molecule has 0 aliphatic carbocycles. The molecular weight excluding hydrogens is 456 g/mol. The van der Waals surface area contributed by atoms with Gasteiger partial charge in [-0.15, -0.1) is 0 Å². The van der Waals surface area contributed by atoms with Crippen LogP contribution in [0.4, 0.5) is 5.69 Å². The number of nitrogens with one attached hydrogen (secondary N) is 1. The molecule has 0 atom stereocenters. The SMILES string of the molecule is COc1ccc(C(=O)Nc2ccc(C(C)(C)COC(=O)c3cn(C)c4ccccc34)cc2)cc1OC. The second-order valence-electron chi connectivity index (χ2n) is 9.23. The average molecular weight is 487 g/mol. The van der Waals surface area contributed by atoms with Crippen LogP contribution < -0.4 is 14.8 Å². The van der Waals surface area contributed by atoms with E-state index < -0.39 is 5.41 Å². The highest BCUT2D eigenvalue weighted by Gasteiger charge is 2.24. The van der Waals surface area contributed by atoms with Crippen LogP contribution >= 0.6 is 0 Å². The van der Waals surface area contributed by atoms with Crippen molar-refractivity contribution in [1.29, 1.82) is 0 Å². The van der Waals surface area contributed by atoms with E-state index in [2.05, 4.69) is 5.32 Å². The lowest BCUT2D eigenvalue weighted by Gasteiger charge is -2.25. The number of hydrogen-bond acceptors (Lipinski definition) is 5. The van der Waals surface area contributed by atoms with Gasteiger partial charge in [0.2, 0.25) is 0 Å². The van der Waals surface area contributed by atoms with Crippen LogP contribution in [0.25, 0.3) is 10.9 Å². The van der Waals surface area contributed by atoms with Gasteiger partial charge in [-0.1, -0.05) is 44.2 Å². The van der Waals surface area contributed by atoms with Crippen molar-refractivity contribution >= 4 is 28.5 Å². The summed E-state index contributed by atoms with van der Waals surface area (Å²) in [7, 11) is 4.99. The molecular formula is C29H30N2O5. The first kappa shape index (κ1) is 24.9. The maximum absolute atomic E-state index is 12.8. The van der Waals surface area contributed by atoms with Crippen LogP contribution in [-0.4, -0.2) is 37.3 Å². The van der Waals surface area contributed by atoms with E-state index in [0.717, 1.165) is 16.5 Å². The average Bonchev–Trinajstić information content (AvgIpc) is 3.23. The Bertz CT molecular complexity index is 1400. The third-order valence-corrected chi connectivity index (χ3v) is 6.25. The standard InChI is InChI=1S/C29H30N2O5/c1-29(2,18-36-28(33)23-17-31(3)24-9-7-6-8-22(23)24)20-11-13-21(14-12-20)30-27(32)19-10-15-25(34-4)26(16-19)35-5/h6-17H,18H2,1-5H3,(H,30,32). The predicted octanol–water partition coefficient (Wildman–Crippen LogP) is 5.58. The summed E-state index contributed by atoms with van der Waals surface area (Å²) in [5, 5.41) is 3.77. The fraction of sp³-hybridized carbons (Fsp3) is 0.241. The minimum atomic E-state index is -0.424. The molecule has 0 radical (unpaired) electrons. The van der Waals surface area contributed by atoms with Crippen LogP contribution in [0.2, 0.25) is 0 Å². The van der Waals surface area contributed by atoms with Crippen molar-refractivity contribution in [2.24, 2.45) is 7.05 Å². The number of aryl methyl sites for hydroxylation is 1. The van der Waals surface area contributed by atoms with E-state index in [9.17, 15) is 9.59 Å². The number of aromatic nitrogens is 1. The van der Waals surface area contributed by atoms with Crippen LogP contribution in [0.3, 0.4) is 0 Å². The highest BCUT2D eigenvalue weighted by Crippen LogP contribution is 2.29. The Morgan fingerprint density at radius 3 is 2.31 bits per heavy atom. The number of fused-ring (bicyclic) bond motifs is 1. The molecule has 0 saturated heterocycles. The molecule has 0 aliphatic rings. The Labute approximate surface area is 210 Å². The van der Waals surface area contributed by atoms with E-state index in [-0.39, 0.29) is 18.5 Å². The van der Waals surface area contributed by atoms with Crippen molar-refractivity contribution < 1.29 is 23.8 Å². The number of anilines is 1. The van der Waals surface area contributed by atoms with Gasteiger partial charge in [-0.25, -0.2) is 4.79 Å². The normalized spacial score (nSPS) is 11.2. The summed E-state index contributed by atoms with van der Waals surface area (Å²) in [5.41, 5.74) is 3.20. The second-order valence-corrected chi connectivity index (χ2v) is 9.23. The Morgan fingerprint density at radius 2 is 1.61 bits per heavy atom. The number of carbonyl (C=O) groups is 2. The maximum Gasteiger partial charge on any atom is 0.340 e. The molecule has 4 rings (SSSR count). The first-order valence-corrected chi connectivity index (χ1v) is 11.6. The maximum atomic E-state index is 12.8. The summed E-state index contributed by atoms with van der Waals surface area (Å²) in [5.74, 6) is 0.438. The van der Waals surface area contributed by atoms with Crippen LogP contribution in [0.1, 0.15) is 40.1 Å². The van der Waals surface area contributed by atoms with Gasteiger partial charge in [-0.2, -0.15) is 0 Å². The number of carbonyl (C=O) groups excluding carboxylic acids is 2. The number of rotatable bonds is 8. The van der Waals surface area contributed by atoms with Gasteiger partial charge >= 0.3 is 5.97 Å². The minimum Gasteiger partial charge on any atom is -0.493 e. The van der Waals surface area contributed by atoms with Crippen LogP contribution in [0.5, 0.6) is 11.5 Å². The third-order valence-electron chi connectivity index (χ3n) is 6.25. The Hall–Kier alpha value is -4.26. The summed E-state index contributed by atoms with van der Waals surface area (Å²) in [4.78, 5) is 25.6. The number of para-hydroxylation sites is 1. The van der Waals surface area contributed by atoms with Crippen molar-refractivity contribution in [2.75, 3.05) is 26.1 Å². The number of ether oxygens (including phenoxy) is 3. The molecule has 0 fully saturated rings. The van der Waals surface area contributed by atoms with E-state index in [1.54, 1.807) is 31.5 Å². The number of esters is 1. The monoisotopic (exact) mass is 486 g/mol. The molecule has 1 N–H and O–H groups in total. The fourth-order valence-corrected chi connectivity index (χ4v) is 4.10. The summed E-state index contributed by atoms with van der Waals surface area (Å²) in [6, 6.07) is 20.3. The number of amides is 1. The summed E-state index contributed by atoms with van der Waals surface area (Å²) in [6.07, 6.45) is 1.80. The Kier molecular flexibility index (Phi) is 7.01.